The van der Waals surface area contributed by atoms with Crippen molar-refractivity contribution in [1.29, 1.82) is 0 Å². The first kappa shape index (κ1) is 21.7. The van der Waals surface area contributed by atoms with Crippen molar-refractivity contribution in [2.45, 2.75) is 37.7 Å². The van der Waals surface area contributed by atoms with Gasteiger partial charge in [-0.15, -0.1) is 0 Å². The molecule has 2 aliphatic heterocycles. The molecule has 9 heteroatoms. The number of hydrogen-bond acceptors (Lipinski definition) is 5. The molecule has 2 heterocycles. The lowest BCUT2D eigenvalue weighted by Gasteiger charge is -2.34. The zero-order chi connectivity index (χ0) is 21.0. The molecule has 1 N–H and O–H groups in total. The first-order valence-corrected chi connectivity index (χ1v) is 11.5. The summed E-state index contributed by atoms with van der Waals surface area (Å²) < 4.78 is 31.9. The second-order valence-corrected chi connectivity index (χ2v) is 9.75. The van der Waals surface area contributed by atoms with Crippen LogP contribution in [0.3, 0.4) is 0 Å². The van der Waals surface area contributed by atoms with Crippen molar-refractivity contribution < 1.29 is 22.7 Å². The van der Waals surface area contributed by atoms with Crippen LogP contribution in [0.15, 0.2) is 29.2 Å². The largest absolute Gasteiger partial charge is 0.363 e. The fraction of sp³-hybridized carbons (Fsp3) is 0.600. The third-order valence-corrected chi connectivity index (χ3v) is 7.25. The van der Waals surface area contributed by atoms with Crippen LogP contribution in [0.2, 0.25) is 0 Å². The van der Waals surface area contributed by atoms with E-state index < -0.39 is 10.0 Å². The molecule has 3 rings (SSSR count). The van der Waals surface area contributed by atoms with Gasteiger partial charge in [0.1, 0.15) is 0 Å². The number of epoxide rings is 1. The van der Waals surface area contributed by atoms with Crippen LogP contribution in [0.25, 0.3) is 0 Å². The number of amides is 2. The molecule has 2 amide bonds. The van der Waals surface area contributed by atoms with E-state index in [2.05, 4.69) is 5.32 Å². The molecular weight excluding hydrogens is 394 g/mol. The SMILES string of the molecule is Cc1ccc(S(=O)(=O)N2CCN(C(=O)C[C@@H](C)CCNC(=O)C3CO3)CC2)cc1. The lowest BCUT2D eigenvalue weighted by molar-refractivity contribution is -0.133. The van der Waals surface area contributed by atoms with Gasteiger partial charge in [-0.25, -0.2) is 8.42 Å². The van der Waals surface area contributed by atoms with Gasteiger partial charge in [-0.3, -0.25) is 9.59 Å². The molecule has 1 unspecified atom stereocenters. The Kier molecular flexibility index (Phi) is 6.92. The van der Waals surface area contributed by atoms with Crippen LogP contribution in [0.4, 0.5) is 0 Å². The standard InChI is InChI=1S/C20H29N3O5S/c1-15-3-5-17(6-4-15)29(26,27)23-11-9-22(10-12-23)19(24)13-16(2)7-8-21-20(25)18-14-28-18/h3-6,16,18H,7-14H2,1-2H3,(H,21,25)/t16-,18?/m0/s1. The Labute approximate surface area is 172 Å². The maximum Gasteiger partial charge on any atom is 0.251 e. The minimum atomic E-state index is -3.53. The van der Waals surface area contributed by atoms with E-state index in [4.69, 9.17) is 4.74 Å². The van der Waals surface area contributed by atoms with Crippen molar-refractivity contribution in [3.63, 3.8) is 0 Å². The maximum atomic E-state index is 12.8. The van der Waals surface area contributed by atoms with E-state index in [0.29, 0.717) is 52.2 Å². The maximum absolute atomic E-state index is 12.8. The molecule has 160 valence electrons. The molecule has 29 heavy (non-hydrogen) atoms. The Hall–Kier alpha value is -1.97. The van der Waals surface area contributed by atoms with Crippen molar-refractivity contribution >= 4 is 21.8 Å². The first-order valence-electron chi connectivity index (χ1n) is 10.0. The highest BCUT2D eigenvalue weighted by Gasteiger charge is 2.31. The van der Waals surface area contributed by atoms with Gasteiger partial charge >= 0.3 is 0 Å². The zero-order valence-electron chi connectivity index (χ0n) is 17.0. The summed E-state index contributed by atoms with van der Waals surface area (Å²) in [4.78, 5) is 26.1. The quantitative estimate of drug-likeness (QED) is 0.623. The molecule has 2 atom stereocenters. The smallest absolute Gasteiger partial charge is 0.251 e. The number of ether oxygens (including phenoxy) is 1. The normalized spacial score (nSPS) is 20.9. The molecule has 1 aromatic carbocycles. The van der Waals surface area contributed by atoms with Gasteiger partial charge < -0.3 is 15.0 Å². The molecule has 0 saturated carbocycles. The van der Waals surface area contributed by atoms with Crippen LogP contribution in [0, 0.1) is 12.8 Å². The van der Waals surface area contributed by atoms with Crippen molar-refractivity contribution in [2.24, 2.45) is 5.92 Å². The third-order valence-electron chi connectivity index (χ3n) is 5.34. The van der Waals surface area contributed by atoms with E-state index in [1.807, 2.05) is 13.8 Å². The number of rotatable bonds is 8. The minimum Gasteiger partial charge on any atom is -0.363 e. The number of carbonyl (C=O) groups excluding carboxylic acids is 2. The van der Waals surface area contributed by atoms with E-state index in [1.54, 1.807) is 29.2 Å². The van der Waals surface area contributed by atoms with E-state index in [1.165, 1.54) is 4.31 Å². The fourth-order valence-electron chi connectivity index (χ4n) is 3.32. The number of carbonyl (C=O) groups is 2. The summed E-state index contributed by atoms with van der Waals surface area (Å²) in [6.07, 6.45) is 0.811. The molecule has 2 aliphatic rings. The van der Waals surface area contributed by atoms with Gasteiger partial charge in [0.05, 0.1) is 11.5 Å². The van der Waals surface area contributed by atoms with Gasteiger partial charge in [0.25, 0.3) is 5.91 Å². The predicted octanol–water partition coefficient (Wildman–Crippen LogP) is 0.759. The van der Waals surface area contributed by atoms with Crippen molar-refractivity contribution in [3.8, 4) is 0 Å². The van der Waals surface area contributed by atoms with Gasteiger partial charge in [-0.1, -0.05) is 24.6 Å². The number of aryl methyl sites for hydroxylation is 1. The molecule has 0 bridgehead atoms. The highest BCUT2D eigenvalue weighted by atomic mass is 32.2. The lowest BCUT2D eigenvalue weighted by Crippen LogP contribution is -2.50. The summed E-state index contributed by atoms with van der Waals surface area (Å²) in [5, 5.41) is 2.81. The van der Waals surface area contributed by atoms with Crippen molar-refractivity contribution in [3.05, 3.63) is 29.8 Å². The number of piperazine rings is 1. The number of sulfonamides is 1. The topological polar surface area (TPSA) is 99.3 Å². The van der Waals surface area contributed by atoms with Crippen LogP contribution in [0.5, 0.6) is 0 Å². The highest BCUT2D eigenvalue weighted by molar-refractivity contribution is 7.89. The van der Waals surface area contributed by atoms with E-state index in [0.717, 1.165) is 5.56 Å². The fourth-order valence-corrected chi connectivity index (χ4v) is 4.74. The average molecular weight is 424 g/mol. The molecule has 0 aromatic heterocycles. The van der Waals surface area contributed by atoms with Gasteiger partial charge in [0.15, 0.2) is 6.10 Å². The molecule has 2 saturated heterocycles. The summed E-state index contributed by atoms with van der Waals surface area (Å²) in [6.45, 7) is 6.30. The van der Waals surface area contributed by atoms with Gasteiger partial charge in [0.2, 0.25) is 15.9 Å². The Morgan fingerprint density at radius 2 is 1.79 bits per heavy atom. The van der Waals surface area contributed by atoms with Crippen LogP contribution in [0.1, 0.15) is 25.3 Å². The average Bonchev–Trinajstić information content (AvgIpc) is 3.53. The van der Waals surface area contributed by atoms with Crippen LogP contribution in [-0.4, -0.2) is 74.9 Å². The molecule has 8 nitrogen and oxygen atoms in total. The van der Waals surface area contributed by atoms with E-state index in [-0.39, 0.29) is 28.7 Å². The third kappa shape index (κ3) is 5.77. The summed E-state index contributed by atoms with van der Waals surface area (Å²) >= 11 is 0. The summed E-state index contributed by atoms with van der Waals surface area (Å²) in [5.74, 6) is 0.0772. The predicted molar refractivity (Wildman–Crippen MR) is 108 cm³/mol. The van der Waals surface area contributed by atoms with Crippen molar-refractivity contribution in [2.75, 3.05) is 39.3 Å². The molecule has 1 aromatic rings. The number of benzene rings is 1. The van der Waals surface area contributed by atoms with Crippen LogP contribution in [-0.2, 0) is 24.3 Å². The van der Waals surface area contributed by atoms with Crippen molar-refractivity contribution in [1.82, 2.24) is 14.5 Å². The Morgan fingerprint density at radius 3 is 2.38 bits per heavy atom. The Bertz CT molecular complexity index is 828. The Balaban J connectivity index is 1.42. The van der Waals surface area contributed by atoms with Crippen LogP contribution < -0.4 is 5.32 Å². The monoisotopic (exact) mass is 423 g/mol. The van der Waals surface area contributed by atoms with E-state index in [9.17, 15) is 18.0 Å². The first-order chi connectivity index (χ1) is 13.8. The second kappa shape index (κ2) is 9.23. The van der Waals surface area contributed by atoms with E-state index >= 15 is 0 Å². The molecule has 0 aliphatic carbocycles. The molecule has 0 spiro atoms. The zero-order valence-corrected chi connectivity index (χ0v) is 17.8. The molecule has 0 radical (unpaired) electrons. The summed E-state index contributed by atoms with van der Waals surface area (Å²) in [6, 6.07) is 6.82. The van der Waals surface area contributed by atoms with Gasteiger partial charge in [-0.2, -0.15) is 4.31 Å². The number of nitrogens with zero attached hydrogens (tertiary/aromatic N) is 2. The van der Waals surface area contributed by atoms with Gasteiger partial charge in [0, 0.05) is 39.1 Å². The summed E-state index contributed by atoms with van der Waals surface area (Å²) in [7, 11) is -3.53. The summed E-state index contributed by atoms with van der Waals surface area (Å²) in [5.41, 5.74) is 1.01. The second-order valence-electron chi connectivity index (χ2n) is 7.81. The minimum absolute atomic E-state index is 0.0294. The highest BCUT2D eigenvalue weighted by Crippen LogP contribution is 2.19. The lowest BCUT2D eigenvalue weighted by atomic mass is 10.0. The Morgan fingerprint density at radius 1 is 1.17 bits per heavy atom. The molecular formula is C20H29N3O5S. The number of hydrogen-bond donors (Lipinski definition) is 1. The van der Waals surface area contributed by atoms with Gasteiger partial charge in [-0.05, 0) is 31.4 Å². The van der Waals surface area contributed by atoms with Crippen LogP contribution >= 0.6 is 0 Å². The number of nitrogens with one attached hydrogen (secondary N) is 1. The molecule has 2 fully saturated rings.